The summed E-state index contributed by atoms with van der Waals surface area (Å²) in [6.45, 7) is 3.16. The van der Waals surface area contributed by atoms with Crippen LogP contribution in [0, 0.1) is 0 Å². The number of aromatic amines is 1. The van der Waals surface area contributed by atoms with Crippen molar-refractivity contribution in [1.29, 1.82) is 0 Å². The highest BCUT2D eigenvalue weighted by Gasteiger charge is 2.22. The van der Waals surface area contributed by atoms with Crippen LogP contribution in [0.5, 0.6) is 0 Å². The van der Waals surface area contributed by atoms with Crippen LogP contribution in [0.3, 0.4) is 0 Å². The highest BCUT2D eigenvalue weighted by molar-refractivity contribution is 5.83. The second-order valence-corrected chi connectivity index (χ2v) is 5.99. The number of nitrogens with one attached hydrogen (secondary N) is 2. The molecule has 2 aromatic carbocycles. The molecule has 0 amide bonds. The number of rotatable bonds is 3. The van der Waals surface area contributed by atoms with Crippen LogP contribution in [0.15, 0.2) is 60.8 Å². The molecule has 2 N–H and O–H groups in total. The highest BCUT2D eigenvalue weighted by Crippen LogP contribution is 2.25. The van der Waals surface area contributed by atoms with Gasteiger partial charge in [0.2, 0.25) is 0 Å². The number of H-pyrrole nitrogens is 1. The first-order chi connectivity index (χ1) is 10.9. The Balaban J connectivity index is 1.62. The van der Waals surface area contributed by atoms with E-state index in [1.54, 1.807) is 0 Å². The van der Waals surface area contributed by atoms with Gasteiger partial charge in [-0.15, -0.1) is 0 Å². The molecule has 3 heteroatoms. The lowest BCUT2D eigenvalue weighted by molar-refractivity contribution is 0.474. The van der Waals surface area contributed by atoms with Gasteiger partial charge in [0.15, 0.2) is 0 Å². The summed E-state index contributed by atoms with van der Waals surface area (Å²) >= 11 is 0. The van der Waals surface area contributed by atoms with Crippen LogP contribution in [0.4, 0.5) is 5.69 Å². The van der Waals surface area contributed by atoms with E-state index in [4.69, 9.17) is 0 Å². The Morgan fingerprint density at radius 3 is 2.86 bits per heavy atom. The number of nitrogens with zero attached hydrogens (tertiary/aromatic N) is 1. The summed E-state index contributed by atoms with van der Waals surface area (Å²) in [7, 11) is 0. The van der Waals surface area contributed by atoms with Crippen LogP contribution < -0.4 is 10.2 Å². The lowest BCUT2D eigenvalue weighted by Gasteiger charge is -2.38. The maximum absolute atomic E-state index is 3.54. The summed E-state index contributed by atoms with van der Waals surface area (Å²) in [6.07, 6.45) is 3.09. The Bertz CT molecular complexity index is 747. The molecule has 3 nitrogen and oxygen atoms in total. The minimum atomic E-state index is 0.507. The molecule has 1 saturated heterocycles. The predicted octanol–water partition coefficient (Wildman–Crippen LogP) is 3.19. The quantitative estimate of drug-likeness (QED) is 0.776. The predicted molar refractivity (Wildman–Crippen MR) is 92.4 cm³/mol. The Morgan fingerprint density at radius 2 is 1.95 bits per heavy atom. The van der Waals surface area contributed by atoms with E-state index < -0.39 is 0 Å². The average Bonchev–Trinajstić information content (AvgIpc) is 3.04. The monoisotopic (exact) mass is 291 g/mol. The first kappa shape index (κ1) is 13.4. The van der Waals surface area contributed by atoms with Gasteiger partial charge in [-0.3, -0.25) is 0 Å². The summed E-state index contributed by atoms with van der Waals surface area (Å²) in [6, 6.07) is 20.2. The second kappa shape index (κ2) is 5.85. The molecule has 112 valence electrons. The lowest BCUT2D eigenvalue weighted by atomic mass is 10.0. The van der Waals surface area contributed by atoms with Crippen molar-refractivity contribution in [2.24, 2.45) is 0 Å². The maximum Gasteiger partial charge on any atom is 0.0455 e. The summed E-state index contributed by atoms with van der Waals surface area (Å²) in [5.74, 6) is 0. The maximum atomic E-state index is 3.54. The van der Waals surface area contributed by atoms with Crippen LogP contribution in [0.1, 0.15) is 5.56 Å². The summed E-state index contributed by atoms with van der Waals surface area (Å²) < 4.78 is 0. The molecule has 0 unspecified atom stereocenters. The Hall–Kier alpha value is -2.26. The number of aromatic nitrogens is 1. The first-order valence-corrected chi connectivity index (χ1v) is 7.98. The van der Waals surface area contributed by atoms with Crippen molar-refractivity contribution >= 4 is 16.6 Å². The van der Waals surface area contributed by atoms with Crippen molar-refractivity contribution in [2.75, 3.05) is 24.5 Å². The van der Waals surface area contributed by atoms with Gasteiger partial charge >= 0.3 is 0 Å². The van der Waals surface area contributed by atoms with Gasteiger partial charge in [0, 0.05) is 48.5 Å². The Kier molecular flexibility index (Phi) is 3.57. The number of piperazine rings is 1. The number of hydrogen-bond donors (Lipinski definition) is 2. The molecule has 1 aliphatic heterocycles. The number of fused-ring (bicyclic) bond motifs is 1. The van der Waals surface area contributed by atoms with Crippen molar-refractivity contribution in [3.63, 3.8) is 0 Å². The molecule has 1 aromatic heterocycles. The second-order valence-electron chi connectivity index (χ2n) is 5.99. The number of hydrogen-bond acceptors (Lipinski definition) is 2. The average molecular weight is 291 g/mol. The van der Waals surface area contributed by atoms with E-state index in [0.29, 0.717) is 6.04 Å². The normalized spacial score (nSPS) is 18.7. The Morgan fingerprint density at radius 1 is 1.05 bits per heavy atom. The molecule has 0 aliphatic carbocycles. The lowest BCUT2D eigenvalue weighted by Crippen LogP contribution is -2.52. The SMILES string of the molecule is c1ccc(C[C@H]2CNCCN2c2ccc3[nH]ccc3c2)cc1. The van der Waals surface area contributed by atoms with Crippen molar-refractivity contribution in [2.45, 2.75) is 12.5 Å². The van der Waals surface area contributed by atoms with E-state index in [2.05, 4.69) is 69.8 Å². The zero-order valence-corrected chi connectivity index (χ0v) is 12.6. The third-order valence-corrected chi connectivity index (χ3v) is 4.53. The van der Waals surface area contributed by atoms with Crippen molar-refractivity contribution in [1.82, 2.24) is 10.3 Å². The molecule has 0 saturated carbocycles. The molecule has 4 rings (SSSR count). The number of anilines is 1. The molecular formula is C19H21N3. The van der Waals surface area contributed by atoms with E-state index in [9.17, 15) is 0 Å². The van der Waals surface area contributed by atoms with Gasteiger partial charge in [0.1, 0.15) is 0 Å². The molecule has 0 bridgehead atoms. The molecule has 1 fully saturated rings. The van der Waals surface area contributed by atoms with Gasteiger partial charge in [0.05, 0.1) is 0 Å². The zero-order valence-electron chi connectivity index (χ0n) is 12.6. The van der Waals surface area contributed by atoms with Gasteiger partial charge in [0.25, 0.3) is 0 Å². The van der Waals surface area contributed by atoms with E-state index in [1.807, 2.05) is 6.20 Å². The standard InChI is InChI=1S/C19H21N3/c1-2-4-15(5-3-1)12-18-14-20-10-11-22(18)17-6-7-19-16(13-17)8-9-21-19/h1-9,13,18,20-21H,10-12,14H2/t18-/m0/s1. The Labute approximate surface area is 131 Å². The number of benzene rings is 2. The first-order valence-electron chi connectivity index (χ1n) is 7.98. The molecule has 2 heterocycles. The van der Waals surface area contributed by atoms with E-state index in [0.717, 1.165) is 26.1 Å². The van der Waals surface area contributed by atoms with Crippen molar-refractivity contribution < 1.29 is 0 Å². The smallest absolute Gasteiger partial charge is 0.0455 e. The van der Waals surface area contributed by atoms with Gasteiger partial charge in [-0.25, -0.2) is 0 Å². The summed E-state index contributed by atoms with van der Waals surface area (Å²) in [4.78, 5) is 5.82. The third kappa shape index (κ3) is 2.60. The van der Waals surface area contributed by atoms with Gasteiger partial charge in [-0.2, -0.15) is 0 Å². The fraction of sp³-hybridized carbons (Fsp3) is 0.263. The summed E-state index contributed by atoms with van der Waals surface area (Å²) in [5, 5.41) is 4.83. The van der Waals surface area contributed by atoms with Crippen LogP contribution in [0.2, 0.25) is 0 Å². The largest absolute Gasteiger partial charge is 0.366 e. The minimum absolute atomic E-state index is 0.507. The molecule has 1 aliphatic rings. The van der Waals surface area contributed by atoms with Crippen LogP contribution in [0.25, 0.3) is 10.9 Å². The van der Waals surface area contributed by atoms with E-state index in [-0.39, 0.29) is 0 Å². The molecule has 1 atom stereocenters. The fourth-order valence-corrected chi connectivity index (χ4v) is 3.39. The molecule has 3 aromatic rings. The third-order valence-electron chi connectivity index (χ3n) is 4.53. The fourth-order valence-electron chi connectivity index (χ4n) is 3.39. The van der Waals surface area contributed by atoms with E-state index >= 15 is 0 Å². The van der Waals surface area contributed by atoms with Gasteiger partial charge in [-0.1, -0.05) is 30.3 Å². The highest BCUT2D eigenvalue weighted by atomic mass is 15.2. The van der Waals surface area contributed by atoms with Crippen molar-refractivity contribution in [3.05, 3.63) is 66.4 Å². The summed E-state index contributed by atoms with van der Waals surface area (Å²) in [5.41, 5.74) is 3.94. The van der Waals surface area contributed by atoms with Crippen LogP contribution in [-0.2, 0) is 6.42 Å². The molecular weight excluding hydrogens is 270 g/mol. The molecule has 0 spiro atoms. The minimum Gasteiger partial charge on any atom is -0.366 e. The topological polar surface area (TPSA) is 31.1 Å². The van der Waals surface area contributed by atoms with Gasteiger partial charge < -0.3 is 15.2 Å². The van der Waals surface area contributed by atoms with Crippen LogP contribution in [-0.4, -0.2) is 30.7 Å². The van der Waals surface area contributed by atoms with Gasteiger partial charge in [-0.05, 0) is 36.2 Å². The van der Waals surface area contributed by atoms with Crippen LogP contribution >= 0.6 is 0 Å². The van der Waals surface area contributed by atoms with E-state index in [1.165, 1.54) is 22.2 Å². The molecule has 0 radical (unpaired) electrons. The van der Waals surface area contributed by atoms with Crippen molar-refractivity contribution in [3.8, 4) is 0 Å². The molecule has 22 heavy (non-hydrogen) atoms. The zero-order chi connectivity index (χ0) is 14.8.